The summed E-state index contributed by atoms with van der Waals surface area (Å²) >= 11 is 11.8. The highest BCUT2D eigenvalue weighted by Gasteiger charge is 2.10. The smallest absolute Gasteiger partial charge is 0.331 e. The lowest BCUT2D eigenvalue weighted by Gasteiger charge is -2.13. The Labute approximate surface area is 156 Å². The molecule has 0 radical (unpaired) electrons. The number of hydrogen-bond acceptors (Lipinski definition) is 3. The fourth-order valence-corrected chi connectivity index (χ4v) is 2.56. The Bertz CT molecular complexity index is 775. The molecule has 2 rings (SSSR count). The van der Waals surface area contributed by atoms with Crippen LogP contribution in [0.3, 0.4) is 0 Å². The van der Waals surface area contributed by atoms with Gasteiger partial charge in [-0.1, -0.05) is 59.6 Å². The first-order chi connectivity index (χ1) is 12.0. The van der Waals surface area contributed by atoms with Crippen molar-refractivity contribution in [2.24, 2.45) is 0 Å². The highest BCUT2D eigenvalue weighted by atomic mass is 35.5. The van der Waals surface area contributed by atoms with E-state index >= 15 is 0 Å². The van der Waals surface area contributed by atoms with Crippen LogP contribution in [0, 0.1) is 0 Å². The average molecular weight is 378 g/mol. The Balaban J connectivity index is 1.81. The number of amides is 1. The van der Waals surface area contributed by atoms with Gasteiger partial charge in [0.1, 0.15) is 0 Å². The van der Waals surface area contributed by atoms with Crippen molar-refractivity contribution in [2.45, 2.75) is 13.0 Å². The molecule has 2 aromatic carbocycles. The number of carbonyl (C=O) groups excluding carboxylic acids is 2. The Morgan fingerprint density at radius 1 is 1.16 bits per heavy atom. The predicted molar refractivity (Wildman–Crippen MR) is 99.5 cm³/mol. The molecule has 0 aliphatic rings. The second-order valence-corrected chi connectivity index (χ2v) is 6.15. The van der Waals surface area contributed by atoms with Crippen LogP contribution in [0.5, 0.6) is 0 Å². The maximum Gasteiger partial charge on any atom is 0.331 e. The third kappa shape index (κ3) is 6.25. The molecule has 130 valence electrons. The molecule has 0 unspecified atom stereocenters. The fourth-order valence-electron chi connectivity index (χ4n) is 2.09. The van der Waals surface area contributed by atoms with Crippen molar-refractivity contribution in [3.8, 4) is 0 Å². The monoisotopic (exact) mass is 377 g/mol. The third-order valence-electron chi connectivity index (χ3n) is 3.38. The second kappa shape index (κ2) is 9.25. The van der Waals surface area contributed by atoms with Gasteiger partial charge in [0.2, 0.25) is 0 Å². The number of carbonyl (C=O) groups is 2. The summed E-state index contributed by atoms with van der Waals surface area (Å²) in [4.78, 5) is 23.5. The SMILES string of the molecule is C[C@@H](NC(=O)COC(=O)/C=C/c1ccc(Cl)cc1Cl)c1ccccc1. The van der Waals surface area contributed by atoms with E-state index in [0.717, 1.165) is 5.56 Å². The van der Waals surface area contributed by atoms with Gasteiger partial charge in [0.05, 0.1) is 6.04 Å². The first-order valence-electron chi connectivity index (χ1n) is 7.60. The first kappa shape index (κ1) is 19.0. The zero-order valence-electron chi connectivity index (χ0n) is 13.5. The molecule has 0 aliphatic carbocycles. The molecule has 0 heterocycles. The molecule has 2 aromatic rings. The molecule has 1 amide bonds. The highest BCUT2D eigenvalue weighted by molar-refractivity contribution is 6.35. The van der Waals surface area contributed by atoms with E-state index in [1.807, 2.05) is 37.3 Å². The van der Waals surface area contributed by atoms with Crippen LogP contribution in [0.15, 0.2) is 54.6 Å². The molecule has 0 saturated carbocycles. The molecule has 1 N–H and O–H groups in total. The molecular formula is C19H17Cl2NO3. The van der Waals surface area contributed by atoms with Gasteiger partial charge in [0.25, 0.3) is 5.91 Å². The van der Waals surface area contributed by atoms with Crippen molar-refractivity contribution in [1.82, 2.24) is 5.32 Å². The Morgan fingerprint density at radius 2 is 1.88 bits per heavy atom. The Kier molecular flexibility index (Phi) is 7.04. The maximum atomic E-state index is 11.8. The van der Waals surface area contributed by atoms with E-state index in [2.05, 4.69) is 5.32 Å². The van der Waals surface area contributed by atoms with Crippen LogP contribution in [0.25, 0.3) is 6.08 Å². The number of hydrogen-bond donors (Lipinski definition) is 1. The molecule has 0 fully saturated rings. The summed E-state index contributed by atoms with van der Waals surface area (Å²) in [6.45, 7) is 1.51. The molecule has 1 atom stereocenters. The van der Waals surface area contributed by atoms with Gasteiger partial charge in [-0.25, -0.2) is 4.79 Å². The maximum absolute atomic E-state index is 11.8. The third-order valence-corrected chi connectivity index (χ3v) is 3.95. The van der Waals surface area contributed by atoms with E-state index in [4.69, 9.17) is 27.9 Å². The minimum Gasteiger partial charge on any atom is -0.452 e. The van der Waals surface area contributed by atoms with Crippen LogP contribution < -0.4 is 5.32 Å². The van der Waals surface area contributed by atoms with Gasteiger partial charge in [0, 0.05) is 16.1 Å². The summed E-state index contributed by atoms with van der Waals surface area (Å²) in [5, 5.41) is 3.70. The molecule has 0 spiro atoms. The van der Waals surface area contributed by atoms with Crippen molar-refractivity contribution in [3.05, 3.63) is 75.8 Å². The highest BCUT2D eigenvalue weighted by Crippen LogP contribution is 2.21. The van der Waals surface area contributed by atoms with Gasteiger partial charge in [0.15, 0.2) is 6.61 Å². The predicted octanol–water partition coefficient (Wildman–Crippen LogP) is 4.43. The largest absolute Gasteiger partial charge is 0.452 e. The van der Waals surface area contributed by atoms with E-state index < -0.39 is 5.97 Å². The van der Waals surface area contributed by atoms with Crippen molar-refractivity contribution >= 4 is 41.2 Å². The molecule has 0 saturated heterocycles. The van der Waals surface area contributed by atoms with Crippen LogP contribution in [-0.4, -0.2) is 18.5 Å². The summed E-state index contributed by atoms with van der Waals surface area (Å²) in [7, 11) is 0. The lowest BCUT2D eigenvalue weighted by Crippen LogP contribution is -2.30. The Hall–Kier alpha value is -2.30. The number of nitrogens with one attached hydrogen (secondary N) is 1. The zero-order valence-corrected chi connectivity index (χ0v) is 15.1. The van der Waals surface area contributed by atoms with Gasteiger partial charge in [-0.2, -0.15) is 0 Å². The quantitative estimate of drug-likeness (QED) is 0.598. The number of halogens is 2. The van der Waals surface area contributed by atoms with Crippen molar-refractivity contribution in [3.63, 3.8) is 0 Å². The number of esters is 1. The van der Waals surface area contributed by atoms with E-state index in [0.29, 0.717) is 15.6 Å². The van der Waals surface area contributed by atoms with Crippen molar-refractivity contribution in [1.29, 1.82) is 0 Å². The number of rotatable bonds is 6. The van der Waals surface area contributed by atoms with Crippen LogP contribution in [0.1, 0.15) is 24.1 Å². The van der Waals surface area contributed by atoms with Crippen molar-refractivity contribution in [2.75, 3.05) is 6.61 Å². The van der Waals surface area contributed by atoms with Gasteiger partial charge < -0.3 is 10.1 Å². The molecule has 0 bridgehead atoms. The number of ether oxygens (including phenoxy) is 1. The molecule has 4 nitrogen and oxygen atoms in total. The summed E-state index contributed by atoms with van der Waals surface area (Å²) in [5.41, 5.74) is 1.60. The van der Waals surface area contributed by atoms with Crippen LogP contribution >= 0.6 is 23.2 Å². The van der Waals surface area contributed by atoms with E-state index in [-0.39, 0.29) is 18.6 Å². The minimum absolute atomic E-state index is 0.171. The summed E-state index contributed by atoms with van der Waals surface area (Å²) in [6.07, 6.45) is 2.72. The number of benzene rings is 2. The molecular weight excluding hydrogens is 361 g/mol. The van der Waals surface area contributed by atoms with Gasteiger partial charge in [-0.05, 0) is 36.3 Å². The topological polar surface area (TPSA) is 55.4 Å². The standard InChI is InChI=1S/C19H17Cl2NO3/c1-13(14-5-3-2-4-6-14)22-18(23)12-25-19(24)10-8-15-7-9-16(20)11-17(15)21/h2-11,13H,12H2,1H3,(H,22,23)/b10-8+/t13-/m1/s1. The zero-order chi connectivity index (χ0) is 18.2. The first-order valence-corrected chi connectivity index (χ1v) is 8.35. The lowest BCUT2D eigenvalue weighted by molar-refractivity contribution is -0.144. The van der Waals surface area contributed by atoms with Crippen LogP contribution in [0.2, 0.25) is 10.0 Å². The van der Waals surface area contributed by atoms with Crippen LogP contribution in [-0.2, 0) is 14.3 Å². The van der Waals surface area contributed by atoms with E-state index in [9.17, 15) is 9.59 Å². The molecule has 6 heteroatoms. The van der Waals surface area contributed by atoms with Gasteiger partial charge in [-0.15, -0.1) is 0 Å². The lowest BCUT2D eigenvalue weighted by atomic mass is 10.1. The van der Waals surface area contributed by atoms with Crippen molar-refractivity contribution < 1.29 is 14.3 Å². The summed E-state index contributed by atoms with van der Waals surface area (Å²) < 4.78 is 4.92. The minimum atomic E-state index is -0.631. The summed E-state index contributed by atoms with van der Waals surface area (Å²) in [6, 6.07) is 14.3. The molecule has 0 aliphatic heterocycles. The fraction of sp³-hybridized carbons (Fsp3) is 0.158. The van der Waals surface area contributed by atoms with E-state index in [1.54, 1.807) is 18.2 Å². The normalized spacial score (nSPS) is 12.0. The summed E-state index contributed by atoms with van der Waals surface area (Å²) in [5.74, 6) is -1.00. The van der Waals surface area contributed by atoms with E-state index in [1.165, 1.54) is 12.2 Å². The average Bonchev–Trinajstić information content (AvgIpc) is 2.60. The van der Waals surface area contributed by atoms with Crippen LogP contribution in [0.4, 0.5) is 0 Å². The van der Waals surface area contributed by atoms with Gasteiger partial charge in [-0.3, -0.25) is 4.79 Å². The Morgan fingerprint density at radius 3 is 2.56 bits per heavy atom. The molecule has 25 heavy (non-hydrogen) atoms. The van der Waals surface area contributed by atoms with Gasteiger partial charge >= 0.3 is 5.97 Å². The molecule has 0 aromatic heterocycles. The second-order valence-electron chi connectivity index (χ2n) is 5.31.